The standard InChI is InChI=1S/C18H16O6/c1-8-15(20)9(2)18-14(16(8)21)17(22)11(7-24-18)10-4-5-12(19)13(6-10)23-3/h4-7,19-21H,1-3H3. The summed E-state index contributed by atoms with van der Waals surface area (Å²) in [7, 11) is 1.41. The number of phenols is 3. The average Bonchev–Trinajstić information content (AvgIpc) is 2.58. The van der Waals surface area contributed by atoms with Crippen molar-refractivity contribution in [3.63, 3.8) is 0 Å². The summed E-state index contributed by atoms with van der Waals surface area (Å²) < 4.78 is 10.6. The normalized spacial score (nSPS) is 11.0. The highest BCUT2D eigenvalue weighted by Crippen LogP contribution is 2.38. The molecular formula is C18H16O6. The summed E-state index contributed by atoms with van der Waals surface area (Å²) in [6, 6.07) is 4.46. The van der Waals surface area contributed by atoms with E-state index in [0.717, 1.165) is 0 Å². The first-order chi connectivity index (χ1) is 11.4. The van der Waals surface area contributed by atoms with Crippen LogP contribution in [-0.2, 0) is 0 Å². The van der Waals surface area contributed by atoms with Crippen molar-refractivity contribution in [2.24, 2.45) is 0 Å². The number of ether oxygens (including phenoxy) is 1. The van der Waals surface area contributed by atoms with Crippen LogP contribution in [0, 0.1) is 13.8 Å². The van der Waals surface area contributed by atoms with Gasteiger partial charge in [0.05, 0.1) is 12.7 Å². The van der Waals surface area contributed by atoms with Crippen molar-refractivity contribution < 1.29 is 24.5 Å². The molecular weight excluding hydrogens is 312 g/mol. The van der Waals surface area contributed by atoms with Crippen LogP contribution in [0.5, 0.6) is 23.0 Å². The number of hydrogen-bond donors (Lipinski definition) is 3. The Hall–Kier alpha value is -3.15. The first-order valence-corrected chi connectivity index (χ1v) is 7.20. The number of fused-ring (bicyclic) bond motifs is 1. The molecule has 1 heterocycles. The maximum absolute atomic E-state index is 12.8. The lowest BCUT2D eigenvalue weighted by Crippen LogP contribution is -2.06. The molecule has 0 spiro atoms. The Morgan fingerprint density at radius 2 is 1.75 bits per heavy atom. The van der Waals surface area contributed by atoms with Crippen LogP contribution in [0.25, 0.3) is 22.1 Å². The van der Waals surface area contributed by atoms with Crippen LogP contribution in [0.15, 0.2) is 33.7 Å². The van der Waals surface area contributed by atoms with Crippen LogP contribution < -0.4 is 10.2 Å². The zero-order valence-corrected chi connectivity index (χ0v) is 13.4. The molecule has 6 nitrogen and oxygen atoms in total. The van der Waals surface area contributed by atoms with Gasteiger partial charge in [-0.2, -0.15) is 0 Å². The van der Waals surface area contributed by atoms with E-state index in [1.165, 1.54) is 32.4 Å². The number of aryl methyl sites for hydroxylation is 1. The lowest BCUT2D eigenvalue weighted by molar-refractivity contribution is 0.373. The fourth-order valence-corrected chi connectivity index (χ4v) is 2.69. The highest BCUT2D eigenvalue weighted by molar-refractivity contribution is 5.92. The average molecular weight is 328 g/mol. The second kappa shape index (κ2) is 5.49. The molecule has 0 aliphatic carbocycles. The lowest BCUT2D eigenvalue weighted by atomic mass is 10.0. The van der Waals surface area contributed by atoms with Crippen LogP contribution >= 0.6 is 0 Å². The Balaban J connectivity index is 2.37. The number of phenolic OH excluding ortho intramolecular Hbond substituents is 3. The third-order valence-corrected chi connectivity index (χ3v) is 4.13. The maximum Gasteiger partial charge on any atom is 0.204 e. The molecule has 0 unspecified atom stereocenters. The molecule has 0 fully saturated rings. The molecule has 0 amide bonds. The quantitative estimate of drug-likeness (QED) is 0.668. The van der Waals surface area contributed by atoms with E-state index in [9.17, 15) is 20.1 Å². The summed E-state index contributed by atoms with van der Waals surface area (Å²) in [6.45, 7) is 3.13. The summed E-state index contributed by atoms with van der Waals surface area (Å²) in [6.07, 6.45) is 1.26. The van der Waals surface area contributed by atoms with Gasteiger partial charge in [-0.25, -0.2) is 0 Å². The van der Waals surface area contributed by atoms with Gasteiger partial charge in [0.2, 0.25) is 5.43 Å². The van der Waals surface area contributed by atoms with Gasteiger partial charge in [-0.15, -0.1) is 0 Å². The summed E-state index contributed by atoms with van der Waals surface area (Å²) >= 11 is 0. The third-order valence-electron chi connectivity index (χ3n) is 4.13. The van der Waals surface area contributed by atoms with Crippen molar-refractivity contribution in [1.29, 1.82) is 0 Å². The molecule has 0 saturated heterocycles. The molecule has 1 aromatic heterocycles. The van der Waals surface area contributed by atoms with Gasteiger partial charge >= 0.3 is 0 Å². The fourth-order valence-electron chi connectivity index (χ4n) is 2.69. The minimum Gasteiger partial charge on any atom is -0.507 e. The van der Waals surface area contributed by atoms with Crippen LogP contribution in [0.3, 0.4) is 0 Å². The molecule has 3 aromatic rings. The Morgan fingerprint density at radius 3 is 2.42 bits per heavy atom. The molecule has 2 aromatic carbocycles. The first kappa shape index (κ1) is 15.7. The van der Waals surface area contributed by atoms with Crippen molar-refractivity contribution in [3.8, 4) is 34.1 Å². The minimum atomic E-state index is -0.437. The van der Waals surface area contributed by atoms with Gasteiger partial charge in [0, 0.05) is 11.1 Å². The van der Waals surface area contributed by atoms with Gasteiger partial charge < -0.3 is 24.5 Å². The largest absolute Gasteiger partial charge is 0.507 e. The van der Waals surface area contributed by atoms with Crippen molar-refractivity contribution >= 4 is 11.0 Å². The number of methoxy groups -OCH3 is 1. The van der Waals surface area contributed by atoms with E-state index in [2.05, 4.69) is 0 Å². The van der Waals surface area contributed by atoms with Crippen LogP contribution in [0.4, 0.5) is 0 Å². The van der Waals surface area contributed by atoms with Crippen LogP contribution in [-0.4, -0.2) is 22.4 Å². The second-order valence-corrected chi connectivity index (χ2v) is 5.52. The number of aromatic hydroxyl groups is 3. The van der Waals surface area contributed by atoms with Crippen molar-refractivity contribution in [1.82, 2.24) is 0 Å². The molecule has 0 radical (unpaired) electrons. The minimum absolute atomic E-state index is 0.00680. The zero-order valence-electron chi connectivity index (χ0n) is 13.4. The fraction of sp³-hybridized carbons (Fsp3) is 0.167. The predicted octanol–water partition coefficient (Wildman–Crippen LogP) is 3.20. The van der Waals surface area contributed by atoms with E-state index < -0.39 is 5.43 Å². The Morgan fingerprint density at radius 1 is 1.04 bits per heavy atom. The zero-order chi connectivity index (χ0) is 17.6. The van der Waals surface area contributed by atoms with E-state index in [0.29, 0.717) is 11.1 Å². The summed E-state index contributed by atoms with van der Waals surface area (Å²) in [5.74, 6) is -0.253. The first-order valence-electron chi connectivity index (χ1n) is 7.20. The monoisotopic (exact) mass is 328 g/mol. The van der Waals surface area contributed by atoms with E-state index in [1.807, 2.05) is 0 Å². The molecule has 124 valence electrons. The summed E-state index contributed by atoms with van der Waals surface area (Å²) in [4.78, 5) is 12.8. The Labute approximate surface area is 137 Å². The van der Waals surface area contributed by atoms with E-state index in [4.69, 9.17) is 9.15 Å². The molecule has 0 aliphatic rings. The van der Waals surface area contributed by atoms with Gasteiger partial charge in [-0.1, -0.05) is 6.07 Å². The van der Waals surface area contributed by atoms with Crippen molar-refractivity contribution in [3.05, 3.63) is 45.8 Å². The number of benzene rings is 2. The Bertz CT molecular complexity index is 1020. The SMILES string of the molecule is COc1cc(-c2coc3c(C)c(O)c(C)c(O)c3c2=O)ccc1O. The van der Waals surface area contributed by atoms with Crippen molar-refractivity contribution in [2.75, 3.05) is 7.11 Å². The van der Waals surface area contributed by atoms with Gasteiger partial charge in [-0.05, 0) is 31.5 Å². The highest BCUT2D eigenvalue weighted by Gasteiger charge is 2.20. The second-order valence-electron chi connectivity index (χ2n) is 5.52. The number of rotatable bonds is 2. The maximum atomic E-state index is 12.8. The smallest absolute Gasteiger partial charge is 0.204 e. The molecule has 0 bridgehead atoms. The third kappa shape index (κ3) is 2.15. The topological polar surface area (TPSA) is 100 Å². The van der Waals surface area contributed by atoms with Gasteiger partial charge in [0.15, 0.2) is 11.5 Å². The van der Waals surface area contributed by atoms with Crippen LogP contribution in [0.1, 0.15) is 11.1 Å². The van der Waals surface area contributed by atoms with Gasteiger partial charge in [0.1, 0.15) is 28.7 Å². The van der Waals surface area contributed by atoms with E-state index in [1.54, 1.807) is 13.0 Å². The van der Waals surface area contributed by atoms with Crippen molar-refractivity contribution in [2.45, 2.75) is 13.8 Å². The molecule has 6 heteroatoms. The van der Waals surface area contributed by atoms with Gasteiger partial charge in [-0.3, -0.25) is 4.79 Å². The molecule has 24 heavy (non-hydrogen) atoms. The molecule has 0 saturated carbocycles. The summed E-state index contributed by atoms with van der Waals surface area (Å²) in [5, 5.41) is 30.0. The van der Waals surface area contributed by atoms with E-state index >= 15 is 0 Å². The predicted molar refractivity (Wildman–Crippen MR) is 88.9 cm³/mol. The van der Waals surface area contributed by atoms with Gasteiger partial charge in [0.25, 0.3) is 0 Å². The molecule has 3 N–H and O–H groups in total. The van der Waals surface area contributed by atoms with Crippen LogP contribution in [0.2, 0.25) is 0 Å². The highest BCUT2D eigenvalue weighted by atomic mass is 16.5. The van der Waals surface area contributed by atoms with E-state index in [-0.39, 0.29) is 45.1 Å². The molecule has 3 rings (SSSR count). The lowest BCUT2D eigenvalue weighted by Gasteiger charge is -2.11. The Kier molecular flexibility index (Phi) is 3.60. The molecule has 0 aliphatic heterocycles. The molecule has 0 atom stereocenters. The number of hydrogen-bond acceptors (Lipinski definition) is 6. The summed E-state index contributed by atoms with van der Waals surface area (Å²) in [5.41, 5.74) is 0.978.